The van der Waals surface area contributed by atoms with Crippen LogP contribution in [0.4, 0.5) is 24.9 Å². The fraction of sp³-hybridized carbons (Fsp3) is 0.636. The molecule has 2 heterocycles. The summed E-state index contributed by atoms with van der Waals surface area (Å²) in [6, 6.07) is 1.74. The monoisotopic (exact) mass is 275 g/mol. The van der Waals surface area contributed by atoms with Crippen LogP contribution in [-0.4, -0.2) is 60.8 Å². The third-order valence-corrected chi connectivity index (χ3v) is 2.96. The molecule has 0 amide bonds. The second kappa shape index (κ2) is 5.60. The molecule has 0 saturated carbocycles. The molecule has 1 aromatic heterocycles. The van der Waals surface area contributed by atoms with Gasteiger partial charge >= 0.3 is 6.18 Å². The van der Waals surface area contributed by atoms with Crippen LogP contribution < -0.4 is 10.2 Å². The van der Waals surface area contributed by atoms with E-state index in [1.165, 1.54) is 4.90 Å². The number of piperazine rings is 1. The molecule has 0 aromatic carbocycles. The Kier molecular flexibility index (Phi) is 4.08. The van der Waals surface area contributed by atoms with E-state index in [9.17, 15) is 13.2 Å². The number of rotatable bonds is 3. The summed E-state index contributed by atoms with van der Waals surface area (Å²) in [6.45, 7) is 0.893. The molecule has 0 atom stereocenters. The lowest BCUT2D eigenvalue weighted by Gasteiger charge is -2.34. The van der Waals surface area contributed by atoms with E-state index >= 15 is 0 Å². The standard InChI is InChI=1S/C11H16F3N5/c1-15-9-2-3-16-10(17-9)19-6-4-18(5-7-19)8-11(12,13)14/h2-3H,4-8H2,1H3,(H,15,16,17). The van der Waals surface area contributed by atoms with E-state index in [-0.39, 0.29) is 0 Å². The van der Waals surface area contributed by atoms with Gasteiger partial charge in [0.2, 0.25) is 5.95 Å². The van der Waals surface area contributed by atoms with E-state index in [1.807, 2.05) is 4.90 Å². The van der Waals surface area contributed by atoms with Crippen LogP contribution in [0.1, 0.15) is 0 Å². The van der Waals surface area contributed by atoms with Crippen LogP contribution in [0.3, 0.4) is 0 Å². The fourth-order valence-electron chi connectivity index (χ4n) is 2.00. The van der Waals surface area contributed by atoms with Gasteiger partial charge in [0.15, 0.2) is 0 Å². The largest absolute Gasteiger partial charge is 0.401 e. The van der Waals surface area contributed by atoms with Gasteiger partial charge in [0, 0.05) is 39.4 Å². The van der Waals surface area contributed by atoms with Crippen molar-refractivity contribution in [2.75, 3.05) is 50.0 Å². The summed E-state index contributed by atoms with van der Waals surface area (Å²) < 4.78 is 36.8. The van der Waals surface area contributed by atoms with Crippen LogP contribution in [0, 0.1) is 0 Å². The number of nitrogens with zero attached hydrogens (tertiary/aromatic N) is 4. The second-order valence-electron chi connectivity index (χ2n) is 4.37. The van der Waals surface area contributed by atoms with E-state index in [4.69, 9.17) is 0 Å². The second-order valence-corrected chi connectivity index (χ2v) is 4.37. The number of hydrogen-bond donors (Lipinski definition) is 1. The Morgan fingerprint density at radius 2 is 1.95 bits per heavy atom. The van der Waals surface area contributed by atoms with Crippen LogP contribution in [0.25, 0.3) is 0 Å². The van der Waals surface area contributed by atoms with Crippen molar-refractivity contribution in [3.63, 3.8) is 0 Å². The van der Waals surface area contributed by atoms with Gasteiger partial charge in [-0.2, -0.15) is 18.2 Å². The quantitative estimate of drug-likeness (QED) is 0.898. The van der Waals surface area contributed by atoms with Crippen LogP contribution in [0.2, 0.25) is 0 Å². The zero-order valence-corrected chi connectivity index (χ0v) is 10.6. The Balaban J connectivity index is 1.92. The van der Waals surface area contributed by atoms with Crippen molar-refractivity contribution in [3.8, 4) is 0 Å². The van der Waals surface area contributed by atoms with E-state index in [1.54, 1.807) is 19.3 Å². The van der Waals surface area contributed by atoms with E-state index in [0.717, 1.165) is 0 Å². The Morgan fingerprint density at radius 1 is 1.26 bits per heavy atom. The van der Waals surface area contributed by atoms with Gasteiger partial charge in [0.25, 0.3) is 0 Å². The lowest BCUT2D eigenvalue weighted by molar-refractivity contribution is -0.146. The topological polar surface area (TPSA) is 44.3 Å². The zero-order chi connectivity index (χ0) is 13.9. The summed E-state index contributed by atoms with van der Waals surface area (Å²) in [7, 11) is 1.76. The predicted octanol–water partition coefficient (Wildman–Crippen LogP) is 1.20. The highest BCUT2D eigenvalue weighted by molar-refractivity contribution is 5.40. The Bertz CT molecular complexity index is 415. The number of alkyl halides is 3. The van der Waals surface area contributed by atoms with Gasteiger partial charge in [0.05, 0.1) is 6.54 Å². The lowest BCUT2D eigenvalue weighted by atomic mass is 10.3. The average Bonchev–Trinajstić information content (AvgIpc) is 2.38. The van der Waals surface area contributed by atoms with Crippen molar-refractivity contribution < 1.29 is 13.2 Å². The summed E-state index contributed by atoms with van der Waals surface area (Å²) in [5, 5.41) is 2.91. The normalized spacial score (nSPS) is 17.6. The summed E-state index contributed by atoms with van der Waals surface area (Å²) in [5.41, 5.74) is 0. The molecule has 1 aliphatic rings. The molecule has 1 N–H and O–H groups in total. The highest BCUT2D eigenvalue weighted by Crippen LogP contribution is 2.19. The maximum absolute atomic E-state index is 12.3. The summed E-state index contributed by atoms with van der Waals surface area (Å²) >= 11 is 0. The van der Waals surface area contributed by atoms with Crippen molar-refractivity contribution in [3.05, 3.63) is 12.3 Å². The van der Waals surface area contributed by atoms with Crippen molar-refractivity contribution in [1.29, 1.82) is 0 Å². The highest BCUT2D eigenvalue weighted by Gasteiger charge is 2.32. The summed E-state index contributed by atoms with van der Waals surface area (Å²) in [6.07, 6.45) is -2.50. The van der Waals surface area contributed by atoms with Crippen LogP contribution in [0.5, 0.6) is 0 Å². The van der Waals surface area contributed by atoms with Crippen LogP contribution in [-0.2, 0) is 0 Å². The maximum atomic E-state index is 12.3. The number of halogens is 3. The minimum Gasteiger partial charge on any atom is -0.373 e. The third kappa shape index (κ3) is 3.95. The van der Waals surface area contributed by atoms with Gasteiger partial charge in [-0.05, 0) is 6.07 Å². The maximum Gasteiger partial charge on any atom is 0.401 e. The molecule has 106 valence electrons. The van der Waals surface area contributed by atoms with Crippen molar-refractivity contribution in [2.24, 2.45) is 0 Å². The molecular formula is C11H16F3N5. The molecule has 1 saturated heterocycles. The first-order valence-electron chi connectivity index (χ1n) is 6.03. The molecule has 0 radical (unpaired) electrons. The van der Waals surface area contributed by atoms with E-state index < -0.39 is 12.7 Å². The van der Waals surface area contributed by atoms with Gasteiger partial charge in [0.1, 0.15) is 5.82 Å². The average molecular weight is 275 g/mol. The molecule has 0 bridgehead atoms. The van der Waals surface area contributed by atoms with Crippen molar-refractivity contribution in [2.45, 2.75) is 6.18 Å². The Morgan fingerprint density at radius 3 is 2.53 bits per heavy atom. The molecule has 1 fully saturated rings. The molecule has 0 spiro atoms. The molecule has 5 nitrogen and oxygen atoms in total. The van der Waals surface area contributed by atoms with Crippen molar-refractivity contribution in [1.82, 2.24) is 14.9 Å². The minimum atomic E-state index is -4.13. The first-order valence-corrected chi connectivity index (χ1v) is 6.03. The van der Waals surface area contributed by atoms with Gasteiger partial charge < -0.3 is 10.2 Å². The molecule has 1 aliphatic heterocycles. The number of aromatic nitrogens is 2. The van der Waals surface area contributed by atoms with Crippen molar-refractivity contribution >= 4 is 11.8 Å². The number of hydrogen-bond acceptors (Lipinski definition) is 5. The van der Waals surface area contributed by atoms with E-state index in [0.29, 0.717) is 37.9 Å². The smallest absolute Gasteiger partial charge is 0.373 e. The first kappa shape index (κ1) is 13.9. The minimum absolute atomic E-state index is 0.368. The molecule has 2 rings (SSSR count). The molecule has 0 unspecified atom stereocenters. The zero-order valence-electron chi connectivity index (χ0n) is 10.6. The molecule has 8 heteroatoms. The summed E-state index contributed by atoms with van der Waals surface area (Å²) in [4.78, 5) is 11.7. The Hall–Kier alpha value is -1.57. The number of nitrogens with one attached hydrogen (secondary N) is 1. The van der Waals surface area contributed by atoms with Gasteiger partial charge in [-0.1, -0.05) is 0 Å². The lowest BCUT2D eigenvalue weighted by Crippen LogP contribution is -2.49. The van der Waals surface area contributed by atoms with E-state index in [2.05, 4.69) is 15.3 Å². The highest BCUT2D eigenvalue weighted by atomic mass is 19.4. The third-order valence-electron chi connectivity index (χ3n) is 2.96. The Labute approximate surface area is 109 Å². The predicted molar refractivity (Wildman–Crippen MR) is 66.3 cm³/mol. The molecular weight excluding hydrogens is 259 g/mol. The fourth-order valence-corrected chi connectivity index (χ4v) is 2.00. The van der Waals surface area contributed by atoms with Crippen LogP contribution >= 0.6 is 0 Å². The van der Waals surface area contributed by atoms with Gasteiger partial charge in [-0.15, -0.1) is 0 Å². The van der Waals surface area contributed by atoms with Gasteiger partial charge in [-0.3, -0.25) is 4.90 Å². The number of anilines is 2. The molecule has 19 heavy (non-hydrogen) atoms. The molecule has 0 aliphatic carbocycles. The molecule has 1 aromatic rings. The first-order chi connectivity index (χ1) is 8.98. The van der Waals surface area contributed by atoms with Gasteiger partial charge in [-0.25, -0.2) is 4.98 Å². The SMILES string of the molecule is CNc1ccnc(N2CCN(CC(F)(F)F)CC2)n1. The van der Waals surface area contributed by atoms with Crippen LogP contribution in [0.15, 0.2) is 12.3 Å². The summed E-state index contributed by atoms with van der Waals surface area (Å²) in [5.74, 6) is 1.25.